The zero-order valence-electron chi connectivity index (χ0n) is 10.8. The fraction of sp³-hybridized carbons (Fsp3) is 0.462. The maximum Gasteiger partial charge on any atom is 0.317 e. The highest BCUT2D eigenvalue weighted by Gasteiger charge is 2.19. The first-order chi connectivity index (χ1) is 8.47. The molecule has 5 heteroatoms. The molecule has 1 aromatic carbocycles. The molecular formula is C13H18Cl2N2O. The van der Waals surface area contributed by atoms with Gasteiger partial charge in [-0.2, -0.15) is 0 Å². The molecular weight excluding hydrogens is 271 g/mol. The summed E-state index contributed by atoms with van der Waals surface area (Å²) < 4.78 is 0. The minimum absolute atomic E-state index is 0.102. The van der Waals surface area contributed by atoms with E-state index in [0.717, 1.165) is 12.0 Å². The van der Waals surface area contributed by atoms with Crippen LogP contribution < -0.4 is 5.32 Å². The SMILES string of the molecule is CCCNC(=O)N(C)[C@H](C)c1ccc(Cl)cc1Cl. The van der Waals surface area contributed by atoms with Crippen molar-refractivity contribution in [2.24, 2.45) is 0 Å². The maximum absolute atomic E-state index is 11.8. The lowest BCUT2D eigenvalue weighted by molar-refractivity contribution is 0.194. The normalized spacial score (nSPS) is 12.1. The van der Waals surface area contributed by atoms with Crippen molar-refractivity contribution in [1.82, 2.24) is 10.2 Å². The van der Waals surface area contributed by atoms with Crippen molar-refractivity contribution in [3.8, 4) is 0 Å². The van der Waals surface area contributed by atoms with Gasteiger partial charge in [-0.25, -0.2) is 4.79 Å². The van der Waals surface area contributed by atoms with Crippen molar-refractivity contribution in [3.05, 3.63) is 33.8 Å². The first-order valence-electron chi connectivity index (χ1n) is 5.93. The quantitative estimate of drug-likeness (QED) is 0.889. The van der Waals surface area contributed by atoms with E-state index < -0.39 is 0 Å². The lowest BCUT2D eigenvalue weighted by Gasteiger charge is -2.26. The molecule has 0 bridgehead atoms. The van der Waals surface area contributed by atoms with Gasteiger partial charge in [0.15, 0.2) is 0 Å². The Morgan fingerprint density at radius 3 is 2.67 bits per heavy atom. The third-order valence-corrected chi connectivity index (χ3v) is 3.40. The summed E-state index contributed by atoms with van der Waals surface area (Å²) in [6.07, 6.45) is 0.912. The van der Waals surface area contributed by atoms with E-state index in [-0.39, 0.29) is 12.1 Å². The molecule has 0 heterocycles. The number of hydrogen-bond acceptors (Lipinski definition) is 1. The number of amides is 2. The Balaban J connectivity index is 2.79. The molecule has 0 aromatic heterocycles. The topological polar surface area (TPSA) is 32.3 Å². The van der Waals surface area contributed by atoms with Gasteiger partial charge in [-0.05, 0) is 31.0 Å². The molecule has 0 unspecified atom stereocenters. The molecule has 0 radical (unpaired) electrons. The Labute approximate surface area is 118 Å². The summed E-state index contributed by atoms with van der Waals surface area (Å²) in [5.41, 5.74) is 0.884. The largest absolute Gasteiger partial charge is 0.338 e. The maximum atomic E-state index is 11.8. The third kappa shape index (κ3) is 3.79. The molecule has 0 aliphatic heterocycles. The molecule has 1 rings (SSSR count). The van der Waals surface area contributed by atoms with Gasteiger partial charge < -0.3 is 10.2 Å². The lowest BCUT2D eigenvalue weighted by atomic mass is 10.1. The fourth-order valence-electron chi connectivity index (χ4n) is 1.58. The number of nitrogens with zero attached hydrogens (tertiary/aromatic N) is 1. The molecule has 18 heavy (non-hydrogen) atoms. The summed E-state index contributed by atoms with van der Waals surface area (Å²) in [6, 6.07) is 5.10. The predicted molar refractivity (Wildman–Crippen MR) is 76.3 cm³/mol. The van der Waals surface area contributed by atoms with Gasteiger partial charge in [0, 0.05) is 23.6 Å². The average Bonchev–Trinajstić information content (AvgIpc) is 2.34. The zero-order valence-corrected chi connectivity index (χ0v) is 12.3. The lowest BCUT2D eigenvalue weighted by Crippen LogP contribution is -2.39. The molecule has 0 aliphatic carbocycles. The molecule has 0 saturated carbocycles. The zero-order chi connectivity index (χ0) is 13.7. The molecule has 1 aromatic rings. The van der Waals surface area contributed by atoms with Crippen LogP contribution in [0.5, 0.6) is 0 Å². The molecule has 3 nitrogen and oxygen atoms in total. The van der Waals surface area contributed by atoms with Crippen molar-refractivity contribution in [2.75, 3.05) is 13.6 Å². The molecule has 0 aliphatic rings. The highest BCUT2D eigenvalue weighted by atomic mass is 35.5. The molecule has 1 N–H and O–H groups in total. The van der Waals surface area contributed by atoms with Gasteiger partial charge in [-0.3, -0.25) is 0 Å². The summed E-state index contributed by atoms with van der Waals surface area (Å²) in [6.45, 7) is 4.62. The highest BCUT2D eigenvalue weighted by molar-refractivity contribution is 6.35. The van der Waals surface area contributed by atoms with Crippen molar-refractivity contribution >= 4 is 29.2 Å². The van der Waals surface area contributed by atoms with Crippen LogP contribution in [0.15, 0.2) is 18.2 Å². The molecule has 0 saturated heterocycles. The van der Waals surface area contributed by atoms with Crippen molar-refractivity contribution in [2.45, 2.75) is 26.3 Å². The van der Waals surface area contributed by atoms with E-state index in [9.17, 15) is 4.79 Å². The molecule has 1 atom stereocenters. The summed E-state index contributed by atoms with van der Waals surface area (Å²) in [4.78, 5) is 13.5. The van der Waals surface area contributed by atoms with Crippen LogP contribution in [0.25, 0.3) is 0 Å². The molecule has 0 spiro atoms. The van der Waals surface area contributed by atoms with Gasteiger partial charge in [0.05, 0.1) is 6.04 Å². The standard InChI is InChI=1S/C13H18Cl2N2O/c1-4-7-16-13(18)17(3)9(2)11-6-5-10(14)8-12(11)15/h5-6,8-9H,4,7H2,1-3H3,(H,16,18)/t9-/m1/s1. The second-order valence-electron chi connectivity index (χ2n) is 4.18. The fourth-order valence-corrected chi connectivity index (χ4v) is 2.15. The molecule has 2 amide bonds. The number of nitrogens with one attached hydrogen (secondary N) is 1. The number of urea groups is 1. The Bertz CT molecular complexity index is 423. The van der Waals surface area contributed by atoms with Crippen LogP contribution >= 0.6 is 23.2 Å². The minimum Gasteiger partial charge on any atom is -0.338 e. The van der Waals surface area contributed by atoms with E-state index in [2.05, 4.69) is 5.32 Å². The van der Waals surface area contributed by atoms with E-state index >= 15 is 0 Å². The van der Waals surface area contributed by atoms with E-state index in [1.165, 1.54) is 0 Å². The number of carbonyl (C=O) groups is 1. The van der Waals surface area contributed by atoms with E-state index in [1.54, 1.807) is 24.1 Å². The van der Waals surface area contributed by atoms with Crippen LogP contribution in [0.4, 0.5) is 4.79 Å². The Kier molecular flexibility index (Phi) is 5.76. The van der Waals surface area contributed by atoms with Crippen LogP contribution in [0.3, 0.4) is 0 Å². The monoisotopic (exact) mass is 288 g/mol. The van der Waals surface area contributed by atoms with E-state index in [4.69, 9.17) is 23.2 Å². The number of hydrogen-bond donors (Lipinski definition) is 1. The molecule has 0 fully saturated rings. The van der Waals surface area contributed by atoms with Gasteiger partial charge in [0.1, 0.15) is 0 Å². The predicted octanol–water partition coefficient (Wildman–Crippen LogP) is 4.11. The summed E-state index contributed by atoms with van der Waals surface area (Å²) in [5, 5.41) is 4.00. The van der Waals surface area contributed by atoms with Crippen LogP contribution in [-0.2, 0) is 0 Å². The Morgan fingerprint density at radius 1 is 1.44 bits per heavy atom. The van der Waals surface area contributed by atoms with Crippen molar-refractivity contribution < 1.29 is 4.79 Å². The van der Waals surface area contributed by atoms with Crippen molar-refractivity contribution in [1.29, 1.82) is 0 Å². The summed E-state index contributed by atoms with van der Waals surface area (Å²) in [5.74, 6) is 0. The van der Waals surface area contributed by atoms with Crippen LogP contribution in [0.1, 0.15) is 31.9 Å². The minimum atomic E-state index is -0.105. The van der Waals surface area contributed by atoms with Gasteiger partial charge in [0.25, 0.3) is 0 Å². The second-order valence-corrected chi connectivity index (χ2v) is 5.03. The summed E-state index contributed by atoms with van der Waals surface area (Å²) >= 11 is 12.0. The number of carbonyl (C=O) groups excluding carboxylic acids is 1. The molecule has 100 valence electrons. The second kappa shape index (κ2) is 6.86. The van der Waals surface area contributed by atoms with Crippen LogP contribution in [0, 0.1) is 0 Å². The first-order valence-corrected chi connectivity index (χ1v) is 6.68. The van der Waals surface area contributed by atoms with Crippen molar-refractivity contribution in [3.63, 3.8) is 0 Å². The van der Waals surface area contributed by atoms with Crippen LogP contribution in [0.2, 0.25) is 10.0 Å². The van der Waals surface area contributed by atoms with E-state index in [0.29, 0.717) is 16.6 Å². The van der Waals surface area contributed by atoms with Gasteiger partial charge in [-0.15, -0.1) is 0 Å². The number of benzene rings is 1. The highest BCUT2D eigenvalue weighted by Crippen LogP contribution is 2.28. The third-order valence-electron chi connectivity index (χ3n) is 2.84. The van der Waals surface area contributed by atoms with Gasteiger partial charge >= 0.3 is 6.03 Å². The average molecular weight is 289 g/mol. The van der Waals surface area contributed by atoms with Gasteiger partial charge in [-0.1, -0.05) is 36.2 Å². The number of rotatable bonds is 4. The number of halogens is 2. The van der Waals surface area contributed by atoms with Gasteiger partial charge in [0.2, 0.25) is 0 Å². The Morgan fingerprint density at radius 2 is 2.11 bits per heavy atom. The van der Waals surface area contributed by atoms with Crippen LogP contribution in [-0.4, -0.2) is 24.5 Å². The first kappa shape index (κ1) is 15.1. The van der Waals surface area contributed by atoms with E-state index in [1.807, 2.05) is 19.9 Å². The Hall–Kier alpha value is -0.930. The smallest absolute Gasteiger partial charge is 0.317 e. The summed E-state index contributed by atoms with van der Waals surface area (Å²) in [7, 11) is 1.75.